The first-order chi connectivity index (χ1) is 1.00. The van der Waals surface area contributed by atoms with Crippen LogP contribution in [0.25, 0.3) is 0 Å². The predicted octanol–water partition coefficient (Wildman–Crippen LogP) is -2.44. The molecule has 0 rings (SSSR count). The normalized spacial score (nSPS) is 0.200. The molecule has 0 spiro atoms. The summed E-state index contributed by atoms with van der Waals surface area (Å²) in [4.78, 5) is 0. The summed E-state index contributed by atoms with van der Waals surface area (Å²) in [7, 11) is 0. The van der Waals surface area contributed by atoms with E-state index < -0.39 is 0 Å². The summed E-state index contributed by atoms with van der Waals surface area (Å²) in [6.45, 7) is 0. The van der Waals surface area contributed by atoms with Gasteiger partial charge < -0.3 is 0 Å². The summed E-state index contributed by atoms with van der Waals surface area (Å²) >= 11 is 1.44. The molecule has 74 valence electrons. The van der Waals surface area contributed by atoms with Gasteiger partial charge in [0.25, 0.3) is 0 Å². The molecule has 0 atom stereocenters. The van der Waals surface area contributed by atoms with Gasteiger partial charge in [-0.2, -0.15) is 0 Å². The Morgan fingerprint density at radius 2 is 1.05 bits per heavy atom. The van der Waals surface area contributed by atoms with Crippen LogP contribution in [0.15, 0.2) is 0 Å². The van der Waals surface area contributed by atoms with Crippen molar-refractivity contribution in [1.29, 1.82) is 0 Å². The van der Waals surface area contributed by atoms with Crippen molar-refractivity contribution in [3.05, 3.63) is 0 Å². The zero-order valence-electron chi connectivity index (χ0n) is 9.75. The van der Waals surface area contributed by atoms with Crippen LogP contribution in [0.1, 0.15) is 0 Å². The van der Waals surface area contributed by atoms with E-state index in [0.29, 0.717) is 0 Å². The quantitative estimate of drug-likeness (QED) is 0.237. The zero-order chi connectivity index (χ0) is 2.00. The van der Waals surface area contributed by atoms with Gasteiger partial charge in [-0.3, -0.25) is 0 Å². The molecule has 0 aliphatic heterocycles. The fourth-order valence-electron chi connectivity index (χ4n) is 0. The van der Waals surface area contributed by atoms with Crippen LogP contribution in [-0.4, -0.2) is 82.1 Å². The molecule has 6 radical (unpaired) electrons. The number of rotatable bonds is 0. The SMILES string of the molecule is [BH2][Pm].[Be+2].[Dy+3].[Er+3].[Eu+3].[Ga+3].[Gd+3].[Ho+3].[In+3].[La+3].[Mg+2].[Nd+3].[Pr+3].[Sc+3].[Sm+3].[Tb+3].[Tm+3].[Y+3].[Yb+3]. The molecule has 0 saturated carbocycles. The second-order valence-corrected chi connectivity index (χ2v) is 0. The molecule has 0 aromatic carbocycles. The van der Waals surface area contributed by atoms with Crippen LogP contribution in [0.5, 0.6) is 0 Å². The molecule has 0 saturated heterocycles. The fourth-order valence-corrected chi connectivity index (χ4v) is 0. The minimum atomic E-state index is 0. The van der Waals surface area contributed by atoms with Crippen molar-refractivity contribution in [2.75, 3.05) is 0 Å². The zero-order valence-corrected chi connectivity index (χ0v) is 53.7. The summed E-state index contributed by atoms with van der Waals surface area (Å²) < 4.78 is 2.11. The van der Waals surface area contributed by atoms with Crippen molar-refractivity contribution >= 4 is 82.1 Å². The van der Waals surface area contributed by atoms with Gasteiger partial charge in [0.05, 0.1) is 0 Å². The molecule has 0 heterocycles. The Hall–Kier alpha value is 21.8. The Morgan fingerprint density at radius 3 is 1.05 bits per heavy atom. The van der Waals surface area contributed by atoms with Gasteiger partial charge in [-0.1, -0.05) is 0 Å². The van der Waals surface area contributed by atoms with E-state index in [2.05, 4.69) is 3.25 Å². The van der Waals surface area contributed by atoms with Crippen LogP contribution in [0.4, 0.5) is 0 Å². The second-order valence-electron chi connectivity index (χ2n) is 0. The molecule has 0 aromatic rings. The van der Waals surface area contributed by atoms with Crippen molar-refractivity contribution in [2.45, 2.75) is 0 Å². The van der Waals surface area contributed by atoms with Crippen molar-refractivity contribution < 1.29 is 580 Å². The molecule has 20 heteroatoms. The Morgan fingerprint density at radius 1 is 1.05 bits per heavy atom. The summed E-state index contributed by atoms with van der Waals surface area (Å²) in [6.07, 6.45) is 0. The minimum Gasteiger partial charge on any atom is 2.00 e. The summed E-state index contributed by atoms with van der Waals surface area (Å²) in [5.74, 6) is 0. The van der Waals surface area contributed by atoms with E-state index in [9.17, 15) is 0 Å². The van der Waals surface area contributed by atoms with E-state index in [0.717, 1.165) is 0 Å². The standard InChI is InChI=1S/BH2.Be.Dy.Er.Eu.Ga.Gd.Ho.In.La.Mg.Nd.Pm.Pr.Sc.Sm.Tb.Tm.Y.Yb/h1H2;;;;;;;;;;;;;;;;;;;/q+1;+2;8*+3;+2;+3;-1;7*+3. The third-order valence-corrected chi connectivity index (χ3v) is 0. The van der Waals surface area contributed by atoms with Gasteiger partial charge in [-0.05, 0) is 0 Å². The van der Waals surface area contributed by atoms with E-state index >= 15 is 0 Å². The Balaban J connectivity index is -0.0000000000327. The molecule has 0 aromatic heterocycles. The van der Waals surface area contributed by atoms with E-state index in [1.165, 1.54) is 38.0 Å². The molecule has 0 nitrogen and oxygen atoms in total. The Labute approximate surface area is 635 Å². The molecule has 0 N–H and O–H groups in total. The van der Waals surface area contributed by atoms with Gasteiger partial charge in [0.1, 0.15) is 0 Å². The number of hydrogen-bond acceptors (Lipinski definition) is 0. The van der Waals surface area contributed by atoms with Crippen LogP contribution >= 0.6 is 0 Å². The van der Waals surface area contributed by atoms with Crippen molar-refractivity contribution in [1.82, 2.24) is 0 Å². The molecule has 20 heavy (non-hydrogen) atoms. The second kappa shape index (κ2) is 136. The third-order valence-electron chi connectivity index (χ3n) is 0. The smallest absolute Gasteiger partial charge is 2.00 e. The average Bonchev–Trinajstić information content (AvgIpc) is 1.00. The first-order valence-corrected chi connectivity index (χ1v) is 3.32. The average molecular weight is 2390 g/mol. The van der Waals surface area contributed by atoms with Gasteiger partial charge in [0.15, 0.2) is 0 Å². The molecule has 0 aliphatic carbocycles. The molecule has 0 aliphatic rings. The molecule has 0 amide bonds. The molecular formula is H2BBeDyErEuGaGdHoInLaMgNdPmPrScSmTbTmYYb+52. The molecule has 0 fully saturated rings. The van der Waals surface area contributed by atoms with E-state index in [-0.39, 0.29) is 620 Å². The van der Waals surface area contributed by atoms with Crippen molar-refractivity contribution in [3.63, 3.8) is 0 Å². The monoisotopic (exact) mass is 2390 g/mol. The maximum Gasteiger partial charge on any atom is 3.00 e. The largest absolute Gasteiger partial charge is 3.00 e. The van der Waals surface area contributed by atoms with Crippen molar-refractivity contribution in [2.24, 2.45) is 0 Å². The van der Waals surface area contributed by atoms with Crippen LogP contribution in [0, 0.1) is 521 Å². The van der Waals surface area contributed by atoms with Gasteiger partial charge >= 0.3 is 662 Å². The fraction of sp³-hybridized carbons (Fsp3) is 0. The molecule has 0 bridgehead atoms. The van der Waals surface area contributed by atoms with E-state index in [4.69, 9.17) is 0 Å². The molecule has 0 unspecified atom stereocenters. The van der Waals surface area contributed by atoms with Crippen LogP contribution in [0.2, 0.25) is 0 Å². The maximum absolute atomic E-state index is 2.11. The van der Waals surface area contributed by atoms with E-state index in [1.54, 1.807) is 0 Å². The van der Waals surface area contributed by atoms with Crippen LogP contribution in [0.3, 0.4) is 0 Å². The Bertz CT molecular complexity index is 86.4. The van der Waals surface area contributed by atoms with E-state index in [1.807, 2.05) is 0 Å². The van der Waals surface area contributed by atoms with Gasteiger partial charge in [-0.25, -0.2) is 0 Å². The molecular weight excluding hydrogens is 2390 g/mol. The first-order valence-electron chi connectivity index (χ1n) is 0.447. The summed E-state index contributed by atoms with van der Waals surface area (Å²) in [6, 6.07) is 0. The predicted molar refractivity (Wildman–Crippen MR) is 31.6 cm³/mol. The first kappa shape index (κ1) is 134. The van der Waals surface area contributed by atoms with Gasteiger partial charge in [-0.15, -0.1) is 0 Å². The van der Waals surface area contributed by atoms with Crippen LogP contribution < -0.4 is 0 Å². The minimum absolute atomic E-state index is 0. The Kier molecular flexibility index (Phi) is 910. The topological polar surface area (TPSA) is 0 Å². The number of hydrogen-bond donors (Lipinski definition) is 0. The summed E-state index contributed by atoms with van der Waals surface area (Å²) in [5, 5.41) is 0. The summed E-state index contributed by atoms with van der Waals surface area (Å²) in [5.41, 5.74) is 0. The van der Waals surface area contributed by atoms with Crippen LogP contribution in [-0.2, 0) is 58.6 Å². The van der Waals surface area contributed by atoms with Gasteiger partial charge in [0.2, 0.25) is 0 Å². The maximum atomic E-state index is 2.11. The van der Waals surface area contributed by atoms with Crippen molar-refractivity contribution in [3.8, 4) is 0 Å². The third kappa shape index (κ3) is 126. The van der Waals surface area contributed by atoms with Gasteiger partial charge in [0, 0.05) is 0 Å².